The molecule has 0 spiro atoms. The number of hydrogen-bond acceptors (Lipinski definition) is 2. The lowest BCUT2D eigenvalue weighted by Gasteiger charge is -2.18. The van der Waals surface area contributed by atoms with Crippen LogP contribution in [0.3, 0.4) is 0 Å². The van der Waals surface area contributed by atoms with Gasteiger partial charge in [0.15, 0.2) is 0 Å². The number of carboxylic acid groups (broad SMARTS) is 1. The summed E-state index contributed by atoms with van der Waals surface area (Å²) in [5, 5.41) is 9.90. The van der Waals surface area contributed by atoms with Crippen LogP contribution < -0.4 is 4.74 Å². The van der Waals surface area contributed by atoms with E-state index in [1.54, 1.807) is 0 Å². The molecule has 1 aliphatic rings. The molecule has 4 heteroatoms. The third kappa shape index (κ3) is 1.26. The van der Waals surface area contributed by atoms with Crippen LogP contribution in [-0.2, 0) is 17.8 Å². The predicted molar refractivity (Wildman–Crippen MR) is 58.8 cm³/mol. The molecule has 0 fully saturated rings. The van der Waals surface area contributed by atoms with Crippen molar-refractivity contribution in [3.8, 4) is 5.75 Å². The number of carboxylic acids is 1. The molecule has 1 aliphatic heterocycles. The second kappa shape index (κ2) is 3.27. The number of hydrogen-bond donors (Lipinski definition) is 1. The normalized spacial score (nSPS) is 13.8. The summed E-state index contributed by atoms with van der Waals surface area (Å²) in [5.74, 6) is 0.0486. The Hall–Kier alpha value is -1.97. The fraction of sp³-hybridized carbons (Fsp3) is 0.250. The van der Waals surface area contributed by atoms with E-state index in [0.29, 0.717) is 6.61 Å². The van der Waals surface area contributed by atoms with E-state index in [0.717, 1.165) is 28.9 Å². The molecule has 0 saturated carbocycles. The van der Waals surface area contributed by atoms with E-state index in [1.807, 2.05) is 28.8 Å². The lowest BCUT2D eigenvalue weighted by molar-refractivity contribution is -0.136. The zero-order chi connectivity index (χ0) is 11.1. The molecule has 1 aromatic heterocycles. The van der Waals surface area contributed by atoms with E-state index in [1.165, 1.54) is 0 Å². The van der Waals surface area contributed by atoms with Gasteiger partial charge in [-0.15, -0.1) is 0 Å². The lowest BCUT2D eigenvalue weighted by Crippen LogP contribution is -2.17. The monoisotopic (exact) mass is 217 g/mol. The van der Waals surface area contributed by atoms with Gasteiger partial charge >= 0.3 is 5.97 Å². The van der Waals surface area contributed by atoms with Crippen molar-refractivity contribution >= 4 is 16.9 Å². The molecule has 1 N–H and O–H groups in total. The van der Waals surface area contributed by atoms with E-state index in [4.69, 9.17) is 9.84 Å². The molecule has 82 valence electrons. The molecule has 1 aromatic carbocycles. The summed E-state index contributed by atoms with van der Waals surface area (Å²) < 4.78 is 7.59. The van der Waals surface area contributed by atoms with Crippen molar-refractivity contribution in [1.29, 1.82) is 0 Å². The van der Waals surface area contributed by atoms with Crippen LogP contribution in [0.2, 0.25) is 0 Å². The molecule has 3 rings (SSSR count). The van der Waals surface area contributed by atoms with Gasteiger partial charge < -0.3 is 14.4 Å². The highest BCUT2D eigenvalue weighted by atomic mass is 16.5. The minimum Gasteiger partial charge on any atom is -0.490 e. The number of carbonyl (C=O) groups is 1. The molecule has 0 saturated heterocycles. The van der Waals surface area contributed by atoms with Gasteiger partial charge in [0.25, 0.3) is 0 Å². The summed E-state index contributed by atoms with van der Waals surface area (Å²) in [7, 11) is 0. The summed E-state index contributed by atoms with van der Waals surface area (Å²) >= 11 is 0. The van der Waals surface area contributed by atoms with E-state index >= 15 is 0 Å². The highest BCUT2D eigenvalue weighted by Gasteiger charge is 2.18. The Balaban J connectivity index is 2.25. The van der Waals surface area contributed by atoms with Crippen LogP contribution in [0.5, 0.6) is 5.75 Å². The number of aliphatic carboxylic acids is 1. The molecule has 0 radical (unpaired) electrons. The Bertz CT molecular complexity index is 571. The molecule has 2 heterocycles. The molecule has 0 atom stereocenters. The van der Waals surface area contributed by atoms with Crippen molar-refractivity contribution in [3.63, 3.8) is 0 Å². The van der Waals surface area contributed by atoms with E-state index < -0.39 is 5.97 Å². The Morgan fingerprint density at radius 2 is 2.38 bits per heavy atom. The summed E-state index contributed by atoms with van der Waals surface area (Å²) in [4.78, 5) is 10.8. The first-order valence-corrected chi connectivity index (χ1v) is 5.21. The van der Waals surface area contributed by atoms with Gasteiger partial charge in [0, 0.05) is 11.1 Å². The predicted octanol–water partition coefficient (Wildman–Crippen LogP) is 1.66. The second-order valence-corrected chi connectivity index (χ2v) is 3.90. The fourth-order valence-corrected chi connectivity index (χ4v) is 2.27. The average Bonchev–Trinajstić information content (AvgIpc) is 2.59. The summed E-state index contributed by atoms with van der Waals surface area (Å²) in [6.07, 6.45) is 0.0636. The van der Waals surface area contributed by atoms with Gasteiger partial charge in [-0.05, 0) is 12.1 Å². The Labute approximate surface area is 92.1 Å². The first-order chi connectivity index (χ1) is 7.75. The van der Waals surface area contributed by atoms with Crippen LogP contribution in [0.15, 0.2) is 24.3 Å². The number of para-hydroxylation sites is 1. The number of nitrogens with zero attached hydrogens (tertiary/aromatic N) is 1. The molecule has 16 heavy (non-hydrogen) atoms. The first kappa shape index (κ1) is 9.27. The molecule has 2 aromatic rings. The van der Waals surface area contributed by atoms with Gasteiger partial charge in [0.1, 0.15) is 12.4 Å². The van der Waals surface area contributed by atoms with Gasteiger partial charge in [0.05, 0.1) is 18.5 Å². The van der Waals surface area contributed by atoms with E-state index in [2.05, 4.69) is 0 Å². The van der Waals surface area contributed by atoms with Crippen molar-refractivity contribution < 1.29 is 14.6 Å². The van der Waals surface area contributed by atoms with Crippen molar-refractivity contribution in [2.24, 2.45) is 0 Å². The van der Waals surface area contributed by atoms with Crippen LogP contribution in [0.4, 0.5) is 0 Å². The Morgan fingerprint density at radius 3 is 3.19 bits per heavy atom. The van der Waals surface area contributed by atoms with Crippen molar-refractivity contribution in [3.05, 3.63) is 30.0 Å². The molecule has 0 aliphatic carbocycles. The van der Waals surface area contributed by atoms with Crippen molar-refractivity contribution in [2.45, 2.75) is 13.0 Å². The highest BCUT2D eigenvalue weighted by Crippen LogP contribution is 2.31. The summed E-state index contributed by atoms with van der Waals surface area (Å²) in [6, 6.07) is 7.76. The van der Waals surface area contributed by atoms with Crippen molar-refractivity contribution in [1.82, 2.24) is 4.57 Å². The number of rotatable bonds is 2. The number of ether oxygens (including phenoxy) is 1. The Kier molecular flexibility index (Phi) is 1.89. The largest absolute Gasteiger partial charge is 0.490 e. The Morgan fingerprint density at radius 1 is 1.50 bits per heavy atom. The molecule has 0 unspecified atom stereocenters. The van der Waals surface area contributed by atoms with Gasteiger partial charge in [-0.25, -0.2) is 0 Å². The maximum absolute atomic E-state index is 10.8. The first-order valence-electron chi connectivity index (χ1n) is 5.21. The second-order valence-electron chi connectivity index (χ2n) is 3.90. The highest BCUT2D eigenvalue weighted by molar-refractivity contribution is 5.88. The maximum Gasteiger partial charge on any atom is 0.309 e. The maximum atomic E-state index is 10.8. The standard InChI is InChI=1S/C12H11NO3/c14-11(15)7-9-6-8-2-1-3-10-12(8)13(9)4-5-16-10/h1-3,6H,4-5,7H2,(H,14,15). The molecule has 0 amide bonds. The summed E-state index contributed by atoms with van der Waals surface area (Å²) in [5.41, 5.74) is 1.86. The van der Waals surface area contributed by atoms with Crippen LogP contribution >= 0.6 is 0 Å². The van der Waals surface area contributed by atoms with Crippen LogP contribution in [0.25, 0.3) is 10.9 Å². The number of aromatic nitrogens is 1. The SMILES string of the molecule is O=C(O)Cc1cc2cccc3c2n1CCO3. The molecular weight excluding hydrogens is 206 g/mol. The molecular formula is C12H11NO3. The third-order valence-corrected chi connectivity index (χ3v) is 2.87. The summed E-state index contributed by atoms with van der Waals surface area (Å²) in [6.45, 7) is 1.33. The van der Waals surface area contributed by atoms with E-state index in [9.17, 15) is 4.79 Å². The van der Waals surface area contributed by atoms with Gasteiger partial charge in [-0.3, -0.25) is 4.79 Å². The minimum atomic E-state index is -0.799. The van der Waals surface area contributed by atoms with E-state index in [-0.39, 0.29) is 6.42 Å². The number of benzene rings is 1. The topological polar surface area (TPSA) is 51.5 Å². The van der Waals surface area contributed by atoms with Crippen LogP contribution in [-0.4, -0.2) is 22.2 Å². The van der Waals surface area contributed by atoms with Crippen molar-refractivity contribution in [2.75, 3.05) is 6.61 Å². The zero-order valence-electron chi connectivity index (χ0n) is 8.64. The van der Waals surface area contributed by atoms with Gasteiger partial charge in [-0.1, -0.05) is 12.1 Å². The molecule has 0 bridgehead atoms. The third-order valence-electron chi connectivity index (χ3n) is 2.87. The smallest absolute Gasteiger partial charge is 0.309 e. The zero-order valence-corrected chi connectivity index (χ0v) is 8.64. The van der Waals surface area contributed by atoms with Crippen LogP contribution in [0.1, 0.15) is 5.69 Å². The van der Waals surface area contributed by atoms with Crippen LogP contribution in [0, 0.1) is 0 Å². The lowest BCUT2D eigenvalue weighted by atomic mass is 10.2. The fourth-order valence-electron chi connectivity index (χ4n) is 2.27. The average molecular weight is 217 g/mol. The van der Waals surface area contributed by atoms with Gasteiger partial charge in [-0.2, -0.15) is 0 Å². The minimum absolute atomic E-state index is 0.0636. The van der Waals surface area contributed by atoms with Gasteiger partial charge in [0.2, 0.25) is 0 Å². The quantitative estimate of drug-likeness (QED) is 0.832. The molecule has 4 nitrogen and oxygen atoms in total.